The minimum atomic E-state index is -0.750. The molecule has 0 fully saturated rings. The zero-order valence-corrected chi connectivity index (χ0v) is 16.0. The van der Waals surface area contributed by atoms with Crippen LogP contribution in [0.15, 0.2) is 30.3 Å². The minimum absolute atomic E-state index is 0.112. The number of amides is 1. The monoisotopic (exact) mass is 417 g/mol. The van der Waals surface area contributed by atoms with E-state index in [9.17, 15) is 9.59 Å². The van der Waals surface area contributed by atoms with Gasteiger partial charge in [0.25, 0.3) is 5.91 Å². The molecular weight excluding hydrogens is 405 g/mol. The highest BCUT2D eigenvalue weighted by atomic mass is 35.5. The fourth-order valence-corrected chi connectivity index (χ4v) is 2.65. The Kier molecular flexibility index (Phi) is 6.97. The third kappa shape index (κ3) is 4.94. The Bertz CT molecular complexity index is 841. The Morgan fingerprint density at radius 2 is 1.73 bits per heavy atom. The molecular formula is C17H14Cl3NO5. The zero-order valence-electron chi connectivity index (χ0n) is 13.8. The maximum atomic E-state index is 12.1. The molecule has 2 aromatic rings. The third-order valence-corrected chi connectivity index (χ3v) is 4.05. The molecule has 9 heteroatoms. The average Bonchev–Trinajstić information content (AvgIpc) is 2.61. The van der Waals surface area contributed by atoms with E-state index in [0.29, 0.717) is 21.5 Å². The Morgan fingerprint density at radius 1 is 1.00 bits per heavy atom. The maximum Gasteiger partial charge on any atom is 0.338 e. The van der Waals surface area contributed by atoms with E-state index in [1.165, 1.54) is 38.5 Å². The van der Waals surface area contributed by atoms with Gasteiger partial charge >= 0.3 is 5.97 Å². The normalized spacial score (nSPS) is 10.2. The van der Waals surface area contributed by atoms with Crippen molar-refractivity contribution in [2.75, 3.05) is 26.1 Å². The molecule has 0 heterocycles. The highest BCUT2D eigenvalue weighted by molar-refractivity contribution is 6.35. The molecule has 0 radical (unpaired) electrons. The summed E-state index contributed by atoms with van der Waals surface area (Å²) in [5, 5.41) is 3.39. The van der Waals surface area contributed by atoms with Crippen molar-refractivity contribution < 1.29 is 23.8 Å². The van der Waals surface area contributed by atoms with Crippen LogP contribution in [0.2, 0.25) is 15.1 Å². The smallest absolute Gasteiger partial charge is 0.338 e. The average molecular weight is 419 g/mol. The van der Waals surface area contributed by atoms with E-state index in [0.717, 1.165) is 0 Å². The molecule has 0 unspecified atom stereocenters. The highest BCUT2D eigenvalue weighted by Gasteiger charge is 2.17. The number of anilines is 1. The quantitative estimate of drug-likeness (QED) is 0.701. The lowest BCUT2D eigenvalue weighted by molar-refractivity contribution is -0.119. The van der Waals surface area contributed by atoms with Gasteiger partial charge in [0, 0.05) is 5.02 Å². The van der Waals surface area contributed by atoms with E-state index in [2.05, 4.69) is 5.32 Å². The van der Waals surface area contributed by atoms with Gasteiger partial charge in [-0.05, 0) is 30.3 Å². The molecule has 0 spiro atoms. The lowest BCUT2D eigenvalue weighted by Gasteiger charge is -2.12. The Hall–Kier alpha value is -2.15. The number of carbonyl (C=O) groups is 2. The lowest BCUT2D eigenvalue weighted by Crippen LogP contribution is -2.21. The molecule has 0 saturated carbocycles. The summed E-state index contributed by atoms with van der Waals surface area (Å²) in [4.78, 5) is 24.1. The molecule has 0 aromatic heterocycles. The van der Waals surface area contributed by atoms with E-state index < -0.39 is 18.5 Å². The summed E-state index contributed by atoms with van der Waals surface area (Å²) < 4.78 is 15.2. The second kappa shape index (κ2) is 8.98. The number of carbonyl (C=O) groups excluding carboxylic acids is 2. The summed E-state index contributed by atoms with van der Waals surface area (Å²) in [5.74, 6) is -0.768. The van der Waals surface area contributed by atoms with Gasteiger partial charge in [-0.25, -0.2) is 4.79 Å². The second-order valence-electron chi connectivity index (χ2n) is 4.94. The van der Waals surface area contributed by atoms with Crippen molar-refractivity contribution in [3.8, 4) is 11.5 Å². The number of hydrogen-bond donors (Lipinski definition) is 1. The van der Waals surface area contributed by atoms with Crippen LogP contribution in [0, 0.1) is 0 Å². The van der Waals surface area contributed by atoms with Crippen molar-refractivity contribution in [1.29, 1.82) is 0 Å². The Morgan fingerprint density at radius 3 is 2.38 bits per heavy atom. The number of esters is 1. The minimum Gasteiger partial charge on any atom is -0.493 e. The van der Waals surface area contributed by atoms with Crippen molar-refractivity contribution in [2.45, 2.75) is 0 Å². The molecule has 2 rings (SSSR count). The molecule has 26 heavy (non-hydrogen) atoms. The third-order valence-electron chi connectivity index (χ3n) is 3.21. The van der Waals surface area contributed by atoms with Crippen molar-refractivity contribution in [2.24, 2.45) is 0 Å². The van der Waals surface area contributed by atoms with E-state index in [-0.39, 0.29) is 16.3 Å². The molecule has 138 valence electrons. The summed E-state index contributed by atoms with van der Waals surface area (Å²) >= 11 is 17.8. The predicted octanol–water partition coefficient (Wildman–Crippen LogP) is 4.46. The highest BCUT2D eigenvalue weighted by Crippen LogP contribution is 2.36. The van der Waals surface area contributed by atoms with Crippen LogP contribution >= 0.6 is 34.8 Å². The van der Waals surface area contributed by atoms with Crippen LogP contribution < -0.4 is 14.8 Å². The van der Waals surface area contributed by atoms with Crippen molar-refractivity contribution in [3.05, 3.63) is 51.0 Å². The van der Waals surface area contributed by atoms with Gasteiger partial charge < -0.3 is 19.5 Å². The van der Waals surface area contributed by atoms with Gasteiger partial charge in [-0.2, -0.15) is 0 Å². The van der Waals surface area contributed by atoms with Crippen LogP contribution in [0.5, 0.6) is 11.5 Å². The molecule has 6 nitrogen and oxygen atoms in total. The van der Waals surface area contributed by atoms with Crippen LogP contribution in [-0.4, -0.2) is 32.7 Å². The fraction of sp³-hybridized carbons (Fsp3) is 0.176. The first-order valence-electron chi connectivity index (χ1n) is 7.19. The van der Waals surface area contributed by atoms with Gasteiger partial charge in [0.1, 0.15) is 0 Å². The second-order valence-corrected chi connectivity index (χ2v) is 6.19. The number of ether oxygens (including phenoxy) is 3. The molecule has 1 N–H and O–H groups in total. The van der Waals surface area contributed by atoms with Crippen molar-refractivity contribution >= 4 is 52.4 Å². The summed E-state index contributed by atoms with van der Waals surface area (Å²) in [7, 11) is 2.83. The summed E-state index contributed by atoms with van der Waals surface area (Å²) in [5.41, 5.74) is 0.426. The summed E-state index contributed by atoms with van der Waals surface area (Å²) in [6.07, 6.45) is 0. The molecule has 0 saturated heterocycles. The van der Waals surface area contributed by atoms with Gasteiger partial charge in [0.2, 0.25) is 0 Å². The van der Waals surface area contributed by atoms with E-state index in [4.69, 9.17) is 49.0 Å². The summed E-state index contributed by atoms with van der Waals surface area (Å²) in [6, 6.07) is 7.37. The Balaban J connectivity index is 2.03. The van der Waals surface area contributed by atoms with Gasteiger partial charge in [0.15, 0.2) is 18.1 Å². The molecule has 0 aliphatic heterocycles. The van der Waals surface area contributed by atoms with Gasteiger partial charge in [0.05, 0.1) is 35.5 Å². The number of rotatable bonds is 6. The fourth-order valence-electron chi connectivity index (χ4n) is 2.03. The van der Waals surface area contributed by atoms with Crippen LogP contribution in [0.4, 0.5) is 5.69 Å². The SMILES string of the molecule is COc1cc(C(=O)OCC(=O)Nc2cc(Cl)ccc2Cl)cc(Cl)c1OC. The number of methoxy groups -OCH3 is 2. The number of nitrogens with one attached hydrogen (secondary N) is 1. The molecule has 0 aliphatic rings. The van der Waals surface area contributed by atoms with Gasteiger partial charge in [-0.3, -0.25) is 4.79 Å². The van der Waals surface area contributed by atoms with Crippen LogP contribution in [0.3, 0.4) is 0 Å². The van der Waals surface area contributed by atoms with E-state index in [1.54, 1.807) is 6.07 Å². The molecule has 0 bridgehead atoms. The number of halogens is 3. The van der Waals surface area contributed by atoms with Crippen molar-refractivity contribution in [3.63, 3.8) is 0 Å². The number of hydrogen-bond acceptors (Lipinski definition) is 5. The van der Waals surface area contributed by atoms with Gasteiger partial charge in [-0.15, -0.1) is 0 Å². The molecule has 0 aliphatic carbocycles. The maximum absolute atomic E-state index is 12.1. The van der Waals surface area contributed by atoms with Crippen LogP contribution in [0.25, 0.3) is 0 Å². The molecule has 1 amide bonds. The van der Waals surface area contributed by atoms with E-state index in [1.807, 2.05) is 0 Å². The predicted molar refractivity (Wildman–Crippen MR) is 99.9 cm³/mol. The van der Waals surface area contributed by atoms with E-state index >= 15 is 0 Å². The van der Waals surface area contributed by atoms with Crippen LogP contribution in [0.1, 0.15) is 10.4 Å². The summed E-state index contributed by atoms with van der Waals surface area (Å²) in [6.45, 7) is -0.520. The zero-order chi connectivity index (χ0) is 19.3. The first-order chi connectivity index (χ1) is 12.3. The largest absolute Gasteiger partial charge is 0.493 e. The van der Waals surface area contributed by atoms with Crippen LogP contribution in [-0.2, 0) is 9.53 Å². The standard InChI is InChI=1S/C17H14Cl3NO5/c1-24-14-6-9(5-12(20)16(14)25-2)17(23)26-8-15(22)21-13-7-10(18)3-4-11(13)19/h3-7H,8H2,1-2H3,(H,21,22). The Labute approximate surface area is 164 Å². The lowest BCUT2D eigenvalue weighted by atomic mass is 10.2. The number of benzene rings is 2. The molecule has 0 atom stereocenters. The first kappa shape index (κ1) is 20.2. The molecule has 2 aromatic carbocycles. The first-order valence-corrected chi connectivity index (χ1v) is 8.32. The topological polar surface area (TPSA) is 73.9 Å². The van der Waals surface area contributed by atoms with Gasteiger partial charge in [-0.1, -0.05) is 34.8 Å². The van der Waals surface area contributed by atoms with Crippen molar-refractivity contribution in [1.82, 2.24) is 0 Å².